The topological polar surface area (TPSA) is 42.8 Å². The van der Waals surface area contributed by atoms with E-state index in [0.29, 0.717) is 18.9 Å². The van der Waals surface area contributed by atoms with Gasteiger partial charge in [-0.05, 0) is 50.2 Å². The summed E-state index contributed by atoms with van der Waals surface area (Å²) in [6, 6.07) is 7.34. The van der Waals surface area contributed by atoms with E-state index in [0.717, 1.165) is 31.0 Å². The van der Waals surface area contributed by atoms with E-state index < -0.39 is 0 Å². The van der Waals surface area contributed by atoms with Gasteiger partial charge < -0.3 is 14.4 Å². The number of benzene rings is 1. The van der Waals surface area contributed by atoms with Crippen LogP contribution in [0.3, 0.4) is 0 Å². The second kappa shape index (κ2) is 6.69. The Morgan fingerprint density at radius 3 is 2.80 bits per heavy atom. The molecule has 1 saturated heterocycles. The molecule has 6 nitrogen and oxygen atoms in total. The lowest BCUT2D eigenvalue weighted by molar-refractivity contribution is 0.173. The predicted octanol–water partition coefficient (Wildman–Crippen LogP) is 1.90. The number of likely N-dealkylation sites (tertiary alicyclic amines) is 1. The highest BCUT2D eigenvalue weighted by Crippen LogP contribution is 2.34. The van der Waals surface area contributed by atoms with Crippen LogP contribution in [-0.4, -0.2) is 59.1 Å². The van der Waals surface area contributed by atoms with E-state index in [1.54, 1.807) is 0 Å². The first kappa shape index (κ1) is 16.4. The summed E-state index contributed by atoms with van der Waals surface area (Å²) in [6.45, 7) is 2.38. The van der Waals surface area contributed by atoms with Crippen LogP contribution in [0.25, 0.3) is 0 Å². The van der Waals surface area contributed by atoms with Gasteiger partial charge in [0.1, 0.15) is 0 Å². The quantitative estimate of drug-likeness (QED) is 0.830. The third kappa shape index (κ3) is 3.37. The summed E-state index contributed by atoms with van der Waals surface area (Å²) >= 11 is 0. The van der Waals surface area contributed by atoms with Gasteiger partial charge in [0.2, 0.25) is 6.79 Å². The van der Waals surface area contributed by atoms with Crippen molar-refractivity contribution in [3.05, 3.63) is 41.7 Å². The Morgan fingerprint density at radius 2 is 2.04 bits per heavy atom. The highest BCUT2D eigenvalue weighted by molar-refractivity contribution is 5.44. The Labute approximate surface area is 148 Å². The van der Waals surface area contributed by atoms with Crippen LogP contribution in [0, 0.1) is 0 Å². The van der Waals surface area contributed by atoms with Crippen molar-refractivity contribution in [2.75, 3.05) is 27.4 Å². The first-order valence-electron chi connectivity index (χ1n) is 8.86. The highest BCUT2D eigenvalue weighted by Gasteiger charge is 2.35. The molecule has 0 bridgehead atoms. The van der Waals surface area contributed by atoms with Crippen LogP contribution in [-0.2, 0) is 20.0 Å². The zero-order valence-corrected chi connectivity index (χ0v) is 15.2. The molecule has 0 aliphatic carbocycles. The Hall–Kier alpha value is -2.05. The lowest BCUT2D eigenvalue weighted by atomic mass is 10.0. The van der Waals surface area contributed by atoms with Crippen molar-refractivity contribution in [1.29, 1.82) is 0 Å². The maximum atomic E-state index is 5.53. The molecule has 1 aromatic heterocycles. The Balaban J connectivity index is 1.52. The number of aromatic nitrogens is 2. The molecule has 6 heteroatoms. The number of fused-ring (bicyclic) bond motifs is 1. The molecule has 2 atom stereocenters. The van der Waals surface area contributed by atoms with E-state index in [2.05, 4.69) is 47.3 Å². The molecular weight excluding hydrogens is 316 g/mol. The Kier molecular flexibility index (Phi) is 4.39. The van der Waals surface area contributed by atoms with Gasteiger partial charge in [0.15, 0.2) is 11.5 Å². The average Bonchev–Trinajstić information content (AvgIpc) is 3.28. The lowest BCUT2D eigenvalue weighted by Gasteiger charge is -2.31. The van der Waals surface area contributed by atoms with Crippen molar-refractivity contribution in [3.8, 4) is 11.5 Å². The summed E-state index contributed by atoms with van der Waals surface area (Å²) in [5.41, 5.74) is 2.58. The molecule has 2 aliphatic rings. The summed E-state index contributed by atoms with van der Waals surface area (Å²) in [7, 11) is 6.35. The number of aryl methyl sites for hydroxylation is 1. The molecular formula is C19H26N4O2. The van der Waals surface area contributed by atoms with Crippen molar-refractivity contribution in [1.82, 2.24) is 19.6 Å². The Morgan fingerprint density at radius 1 is 1.20 bits per heavy atom. The van der Waals surface area contributed by atoms with E-state index in [9.17, 15) is 0 Å². The Bertz CT molecular complexity index is 743. The third-order valence-electron chi connectivity index (χ3n) is 5.31. The lowest BCUT2D eigenvalue weighted by Crippen LogP contribution is -2.43. The van der Waals surface area contributed by atoms with E-state index in [1.807, 2.05) is 24.0 Å². The van der Waals surface area contributed by atoms with E-state index in [1.165, 1.54) is 17.5 Å². The van der Waals surface area contributed by atoms with Crippen LogP contribution in [0.15, 0.2) is 30.6 Å². The SMILES string of the molecule is CN(C)[C@@H]1CCN(Cc2ccc3c(c2)OCO3)[C@H]1Cc1cnn(C)c1. The van der Waals surface area contributed by atoms with Crippen molar-refractivity contribution < 1.29 is 9.47 Å². The van der Waals surface area contributed by atoms with Crippen LogP contribution in [0.4, 0.5) is 0 Å². The van der Waals surface area contributed by atoms with E-state index >= 15 is 0 Å². The van der Waals surface area contributed by atoms with Gasteiger partial charge in [0.25, 0.3) is 0 Å². The normalized spacial score (nSPS) is 22.9. The van der Waals surface area contributed by atoms with E-state index in [4.69, 9.17) is 9.47 Å². The molecule has 25 heavy (non-hydrogen) atoms. The van der Waals surface area contributed by atoms with E-state index in [-0.39, 0.29) is 0 Å². The fourth-order valence-electron chi connectivity index (χ4n) is 4.06. The smallest absolute Gasteiger partial charge is 0.231 e. The molecule has 0 saturated carbocycles. The molecule has 134 valence electrons. The molecule has 0 N–H and O–H groups in total. The fraction of sp³-hybridized carbons (Fsp3) is 0.526. The monoisotopic (exact) mass is 342 g/mol. The maximum Gasteiger partial charge on any atom is 0.231 e. The van der Waals surface area contributed by atoms with Gasteiger partial charge in [-0.15, -0.1) is 0 Å². The summed E-state index contributed by atoms with van der Waals surface area (Å²) in [4.78, 5) is 4.95. The largest absolute Gasteiger partial charge is 0.454 e. The molecule has 2 aromatic rings. The van der Waals surface area contributed by atoms with Crippen molar-refractivity contribution in [3.63, 3.8) is 0 Å². The number of likely N-dealkylation sites (N-methyl/N-ethyl adjacent to an activating group) is 1. The number of hydrogen-bond donors (Lipinski definition) is 0. The summed E-state index contributed by atoms with van der Waals surface area (Å²) in [6.07, 6.45) is 6.34. The van der Waals surface area contributed by atoms with Gasteiger partial charge in [-0.2, -0.15) is 5.10 Å². The van der Waals surface area contributed by atoms with Crippen LogP contribution >= 0.6 is 0 Å². The van der Waals surface area contributed by atoms with Crippen molar-refractivity contribution >= 4 is 0 Å². The minimum absolute atomic E-state index is 0.328. The van der Waals surface area contributed by atoms with Gasteiger partial charge in [0, 0.05) is 38.4 Å². The zero-order valence-electron chi connectivity index (χ0n) is 15.2. The third-order valence-corrected chi connectivity index (χ3v) is 5.31. The van der Waals surface area contributed by atoms with Gasteiger partial charge >= 0.3 is 0 Å². The number of nitrogens with zero attached hydrogens (tertiary/aromatic N) is 4. The first-order valence-corrected chi connectivity index (χ1v) is 8.86. The van der Waals surface area contributed by atoms with Crippen LogP contribution in [0.5, 0.6) is 11.5 Å². The fourth-order valence-corrected chi connectivity index (χ4v) is 4.06. The summed E-state index contributed by atoms with van der Waals surface area (Å²) in [5.74, 6) is 1.72. The van der Waals surface area contributed by atoms with Crippen LogP contribution < -0.4 is 9.47 Å². The standard InChI is InChI=1S/C19H26N4O2/c1-21(2)16-6-7-23(17(16)8-15-10-20-22(3)11-15)12-14-4-5-18-19(9-14)25-13-24-18/h4-5,9-11,16-17H,6-8,12-13H2,1-3H3/t16-,17+/m1/s1. The molecule has 0 unspecified atom stereocenters. The molecule has 2 aliphatic heterocycles. The second-order valence-corrected chi connectivity index (χ2v) is 7.27. The number of ether oxygens (including phenoxy) is 2. The minimum atomic E-state index is 0.328. The average molecular weight is 342 g/mol. The van der Waals surface area contributed by atoms with Gasteiger partial charge in [-0.25, -0.2) is 0 Å². The summed E-state index contributed by atoms with van der Waals surface area (Å²) < 4.78 is 12.8. The summed E-state index contributed by atoms with van der Waals surface area (Å²) in [5, 5.41) is 4.33. The van der Waals surface area contributed by atoms with Crippen LogP contribution in [0.2, 0.25) is 0 Å². The van der Waals surface area contributed by atoms with Crippen molar-refractivity contribution in [2.24, 2.45) is 7.05 Å². The predicted molar refractivity (Wildman–Crippen MR) is 95.8 cm³/mol. The minimum Gasteiger partial charge on any atom is -0.454 e. The first-order chi connectivity index (χ1) is 12.1. The highest BCUT2D eigenvalue weighted by atomic mass is 16.7. The molecule has 3 heterocycles. The number of hydrogen-bond acceptors (Lipinski definition) is 5. The second-order valence-electron chi connectivity index (χ2n) is 7.27. The number of rotatable bonds is 5. The van der Waals surface area contributed by atoms with Gasteiger partial charge in [-0.1, -0.05) is 6.07 Å². The zero-order chi connectivity index (χ0) is 17.4. The molecule has 1 aromatic carbocycles. The molecule has 4 rings (SSSR count). The molecule has 0 radical (unpaired) electrons. The van der Waals surface area contributed by atoms with Gasteiger partial charge in [0.05, 0.1) is 6.20 Å². The van der Waals surface area contributed by atoms with Crippen LogP contribution in [0.1, 0.15) is 17.5 Å². The van der Waals surface area contributed by atoms with Crippen molar-refractivity contribution in [2.45, 2.75) is 31.5 Å². The maximum absolute atomic E-state index is 5.53. The molecule has 1 fully saturated rings. The molecule has 0 spiro atoms. The van der Waals surface area contributed by atoms with Gasteiger partial charge in [-0.3, -0.25) is 9.58 Å². The molecule has 0 amide bonds.